The third-order valence-corrected chi connectivity index (χ3v) is 5.31. The van der Waals surface area contributed by atoms with Gasteiger partial charge in [0.2, 0.25) is 0 Å². The highest BCUT2D eigenvalue weighted by atomic mass is 32.2. The molecule has 0 bridgehead atoms. The molecule has 0 aliphatic heterocycles. The van der Waals surface area contributed by atoms with Gasteiger partial charge in [0.25, 0.3) is 0 Å². The summed E-state index contributed by atoms with van der Waals surface area (Å²) in [6.07, 6.45) is -3.77. The molecule has 29 heavy (non-hydrogen) atoms. The minimum absolute atomic E-state index is 0.236. The molecule has 0 unspecified atom stereocenters. The number of pyridine rings is 2. The van der Waals surface area contributed by atoms with Gasteiger partial charge in [0.15, 0.2) is 10.8 Å². The highest BCUT2D eigenvalue weighted by Crippen LogP contribution is 2.39. The second kappa shape index (κ2) is 7.39. The molecule has 0 aliphatic rings. The number of halogens is 5. The number of sulfonamides is 1. The van der Waals surface area contributed by atoms with Crippen molar-refractivity contribution in [3.63, 3.8) is 0 Å². The molecule has 0 fully saturated rings. The van der Waals surface area contributed by atoms with E-state index in [9.17, 15) is 30.5 Å². The Labute approximate surface area is 162 Å². The second-order valence-electron chi connectivity index (χ2n) is 5.91. The van der Waals surface area contributed by atoms with Crippen LogP contribution in [0.25, 0.3) is 11.3 Å². The molecular weight excluding hydrogens is 417 g/mol. The zero-order chi connectivity index (χ0) is 21.4. The van der Waals surface area contributed by atoms with Crippen molar-refractivity contribution in [1.29, 1.82) is 0 Å². The molecule has 0 atom stereocenters. The first-order valence-corrected chi connectivity index (χ1v) is 9.43. The zero-order valence-electron chi connectivity index (χ0n) is 14.7. The number of anilines is 1. The Morgan fingerprint density at radius 2 is 1.76 bits per heavy atom. The van der Waals surface area contributed by atoms with Gasteiger partial charge in [0.1, 0.15) is 5.82 Å². The molecule has 2 heterocycles. The highest BCUT2D eigenvalue weighted by Gasteiger charge is 2.36. The fraction of sp³-hybridized carbons (Fsp3) is 0.111. The van der Waals surface area contributed by atoms with E-state index in [0.717, 1.165) is 24.4 Å². The summed E-state index contributed by atoms with van der Waals surface area (Å²) in [6.45, 7) is 1.42. The van der Waals surface area contributed by atoms with Crippen molar-refractivity contribution in [2.24, 2.45) is 0 Å². The van der Waals surface area contributed by atoms with Gasteiger partial charge >= 0.3 is 16.2 Å². The highest BCUT2D eigenvalue weighted by molar-refractivity contribution is 7.92. The molecule has 1 aromatic carbocycles. The Kier molecular flexibility index (Phi) is 5.26. The normalized spacial score (nSPS) is 12.1. The predicted molar refractivity (Wildman–Crippen MR) is 94.4 cm³/mol. The number of aromatic nitrogens is 2. The van der Waals surface area contributed by atoms with E-state index in [2.05, 4.69) is 9.97 Å². The number of rotatable bonds is 4. The Balaban J connectivity index is 2.19. The van der Waals surface area contributed by atoms with E-state index in [1.807, 2.05) is 0 Å². The number of nitrogens with zero attached hydrogens (tertiary/aromatic N) is 3. The summed E-state index contributed by atoms with van der Waals surface area (Å²) in [6, 6.07) is 7.87. The van der Waals surface area contributed by atoms with Gasteiger partial charge in [-0.1, -0.05) is 21.1 Å². The fourth-order valence-electron chi connectivity index (χ4n) is 2.54. The molecule has 2 aromatic heterocycles. The number of benzene rings is 1. The smallest absolute Gasteiger partial charge is 0.243 e. The molecule has 0 aliphatic carbocycles. The number of hydrogen-bond donors (Lipinski definition) is 0. The molecule has 3 rings (SSSR count). The monoisotopic (exact) mass is 429 g/mol. The largest absolute Gasteiger partial charge is 0.418 e. The lowest BCUT2D eigenvalue weighted by atomic mass is 10.0. The van der Waals surface area contributed by atoms with Crippen LogP contribution in [0.5, 0.6) is 0 Å². The predicted octanol–water partition coefficient (Wildman–Crippen LogP) is 4.69. The van der Waals surface area contributed by atoms with Crippen molar-refractivity contribution >= 4 is 15.8 Å². The van der Waals surface area contributed by atoms with Gasteiger partial charge in [-0.25, -0.2) is 14.4 Å². The summed E-state index contributed by atoms with van der Waals surface area (Å²) in [7, 11) is -4.82. The standard InChI is InChI=1S/C18H12F5N3O2S/c1-11-5-6-12(19)10-13(11)17-14(18(20,21)22)7-8-15(25-17)26(23)29(27,28)16-4-2-3-9-24-16/h2-10H,1H3. The van der Waals surface area contributed by atoms with Crippen LogP contribution in [0.4, 0.5) is 27.9 Å². The molecule has 152 valence electrons. The van der Waals surface area contributed by atoms with Crippen molar-refractivity contribution < 1.29 is 30.5 Å². The summed E-state index contributed by atoms with van der Waals surface area (Å²) in [4.78, 5) is 7.09. The van der Waals surface area contributed by atoms with E-state index >= 15 is 0 Å². The van der Waals surface area contributed by atoms with Crippen LogP contribution in [0.15, 0.2) is 59.8 Å². The van der Waals surface area contributed by atoms with Crippen LogP contribution in [-0.2, 0) is 16.2 Å². The topological polar surface area (TPSA) is 63.2 Å². The number of alkyl halides is 3. The Bertz CT molecular complexity index is 1150. The Morgan fingerprint density at radius 3 is 2.38 bits per heavy atom. The molecule has 5 nitrogen and oxygen atoms in total. The Morgan fingerprint density at radius 1 is 1.03 bits per heavy atom. The maximum atomic E-state index is 14.7. The minimum atomic E-state index is -4.89. The number of aryl methyl sites for hydroxylation is 1. The van der Waals surface area contributed by atoms with Crippen LogP contribution in [-0.4, -0.2) is 18.4 Å². The van der Waals surface area contributed by atoms with Gasteiger partial charge in [0.05, 0.1) is 11.3 Å². The van der Waals surface area contributed by atoms with Crippen molar-refractivity contribution in [3.05, 3.63) is 71.7 Å². The van der Waals surface area contributed by atoms with E-state index in [-0.39, 0.29) is 11.1 Å². The summed E-state index contributed by atoms with van der Waals surface area (Å²) >= 11 is 0. The van der Waals surface area contributed by atoms with Gasteiger partial charge in [-0.2, -0.15) is 21.6 Å². The van der Waals surface area contributed by atoms with E-state index in [1.54, 1.807) is 0 Å². The molecule has 0 spiro atoms. The first kappa shape index (κ1) is 20.6. The number of hydrogen-bond acceptors (Lipinski definition) is 4. The lowest BCUT2D eigenvalue weighted by Gasteiger charge is -2.18. The third-order valence-electron chi connectivity index (χ3n) is 3.93. The van der Waals surface area contributed by atoms with Gasteiger partial charge in [0, 0.05) is 11.8 Å². The maximum Gasteiger partial charge on any atom is 0.418 e. The Hall–Kier alpha value is -3.08. The van der Waals surface area contributed by atoms with Crippen molar-refractivity contribution in [2.75, 3.05) is 4.53 Å². The van der Waals surface area contributed by atoms with E-state index in [4.69, 9.17) is 0 Å². The van der Waals surface area contributed by atoms with Crippen LogP contribution in [0.2, 0.25) is 0 Å². The molecule has 0 radical (unpaired) electrons. The molecule has 0 saturated heterocycles. The summed E-state index contributed by atoms with van der Waals surface area (Å²) in [5.41, 5.74) is -2.08. The third kappa shape index (κ3) is 4.04. The maximum absolute atomic E-state index is 14.7. The molecular formula is C18H12F5N3O2S. The van der Waals surface area contributed by atoms with Crippen molar-refractivity contribution in [2.45, 2.75) is 18.1 Å². The first-order chi connectivity index (χ1) is 13.5. The van der Waals surface area contributed by atoms with Gasteiger partial charge in [-0.15, -0.1) is 0 Å². The molecule has 0 N–H and O–H groups in total. The van der Waals surface area contributed by atoms with Gasteiger partial charge < -0.3 is 0 Å². The van der Waals surface area contributed by atoms with E-state index < -0.39 is 48.6 Å². The van der Waals surface area contributed by atoms with Gasteiger partial charge in [-0.3, -0.25) is 0 Å². The fourth-order valence-corrected chi connectivity index (χ4v) is 3.49. The lowest BCUT2D eigenvalue weighted by molar-refractivity contribution is -0.137. The first-order valence-electron chi connectivity index (χ1n) is 7.99. The van der Waals surface area contributed by atoms with Crippen LogP contribution >= 0.6 is 0 Å². The van der Waals surface area contributed by atoms with Gasteiger partial charge in [-0.05, 0) is 48.9 Å². The second-order valence-corrected chi connectivity index (χ2v) is 7.60. The summed E-state index contributed by atoms with van der Waals surface area (Å²) in [5.74, 6) is -1.76. The van der Waals surface area contributed by atoms with Crippen molar-refractivity contribution in [3.8, 4) is 11.3 Å². The minimum Gasteiger partial charge on any atom is -0.243 e. The zero-order valence-corrected chi connectivity index (χ0v) is 15.5. The van der Waals surface area contributed by atoms with E-state index in [0.29, 0.717) is 12.1 Å². The molecule has 3 aromatic rings. The van der Waals surface area contributed by atoms with E-state index in [1.165, 1.54) is 25.1 Å². The van der Waals surface area contributed by atoms with Crippen LogP contribution in [0.1, 0.15) is 11.1 Å². The average molecular weight is 429 g/mol. The van der Waals surface area contributed by atoms with Crippen LogP contribution in [0, 0.1) is 12.7 Å². The quantitative estimate of drug-likeness (QED) is 0.446. The molecule has 0 saturated carbocycles. The molecule has 0 amide bonds. The van der Waals surface area contributed by atoms with Crippen molar-refractivity contribution in [1.82, 2.24) is 9.97 Å². The lowest BCUT2D eigenvalue weighted by Crippen LogP contribution is -2.25. The summed E-state index contributed by atoms with van der Waals surface area (Å²) < 4.78 is 92.5. The average Bonchev–Trinajstić information content (AvgIpc) is 2.68. The molecule has 11 heteroatoms. The summed E-state index contributed by atoms with van der Waals surface area (Å²) in [5, 5.41) is -0.660. The SMILES string of the molecule is Cc1ccc(F)cc1-c1nc(N(F)S(=O)(=O)c2ccccn2)ccc1C(F)(F)F. The van der Waals surface area contributed by atoms with Crippen LogP contribution < -0.4 is 4.53 Å². The van der Waals surface area contributed by atoms with Crippen LogP contribution in [0.3, 0.4) is 0 Å².